The molecule has 1 rings (SSSR count). The van der Waals surface area contributed by atoms with Gasteiger partial charge in [-0.25, -0.2) is 0 Å². The summed E-state index contributed by atoms with van der Waals surface area (Å²) in [7, 11) is 1.37. The van der Waals surface area contributed by atoms with Crippen LogP contribution in [-0.4, -0.2) is 42.5 Å². The van der Waals surface area contributed by atoms with Crippen molar-refractivity contribution in [1.29, 1.82) is 0 Å². The predicted molar refractivity (Wildman–Crippen MR) is 59.6 cm³/mol. The number of nitrogens with two attached hydrogens (primary N) is 1. The molecule has 2 unspecified atom stereocenters. The van der Waals surface area contributed by atoms with E-state index in [1.54, 1.807) is 0 Å². The van der Waals surface area contributed by atoms with Gasteiger partial charge in [-0.15, -0.1) is 0 Å². The Balaban J connectivity index is 2.60. The van der Waals surface area contributed by atoms with Crippen LogP contribution in [0.2, 0.25) is 0 Å². The molecule has 2 atom stereocenters. The van der Waals surface area contributed by atoms with Crippen molar-refractivity contribution in [2.45, 2.75) is 44.7 Å². The van der Waals surface area contributed by atoms with Crippen LogP contribution in [0.25, 0.3) is 0 Å². The lowest BCUT2D eigenvalue weighted by Gasteiger charge is -2.37. The van der Waals surface area contributed by atoms with Gasteiger partial charge in [0.05, 0.1) is 19.6 Å². The van der Waals surface area contributed by atoms with Gasteiger partial charge in [0.2, 0.25) is 5.91 Å². The minimum atomic E-state index is -0.295. The third kappa shape index (κ3) is 3.20. The lowest BCUT2D eigenvalue weighted by molar-refractivity contribution is -0.143. The molecule has 0 radical (unpaired) electrons. The van der Waals surface area contributed by atoms with Crippen LogP contribution < -0.4 is 5.73 Å². The summed E-state index contributed by atoms with van der Waals surface area (Å²) < 4.78 is 4.63. The number of piperidine rings is 1. The monoisotopic (exact) mass is 228 g/mol. The molecule has 0 aromatic heterocycles. The average molecular weight is 228 g/mol. The van der Waals surface area contributed by atoms with E-state index >= 15 is 0 Å². The van der Waals surface area contributed by atoms with Crippen molar-refractivity contribution in [1.82, 2.24) is 4.90 Å². The highest BCUT2D eigenvalue weighted by Crippen LogP contribution is 2.20. The number of carbonyl (C=O) groups is 2. The Bertz CT molecular complexity index is 268. The van der Waals surface area contributed by atoms with E-state index in [2.05, 4.69) is 4.74 Å². The fourth-order valence-electron chi connectivity index (χ4n) is 2.23. The van der Waals surface area contributed by atoms with E-state index in [0.29, 0.717) is 6.42 Å². The highest BCUT2D eigenvalue weighted by Gasteiger charge is 2.31. The minimum absolute atomic E-state index is 0.00486. The van der Waals surface area contributed by atoms with Gasteiger partial charge in [0.25, 0.3) is 0 Å². The lowest BCUT2D eigenvalue weighted by Crippen LogP contribution is -2.51. The first-order valence-electron chi connectivity index (χ1n) is 5.68. The van der Waals surface area contributed by atoms with Crippen LogP contribution in [0.15, 0.2) is 0 Å². The van der Waals surface area contributed by atoms with Crippen molar-refractivity contribution in [2.75, 3.05) is 13.7 Å². The fourth-order valence-corrected chi connectivity index (χ4v) is 2.23. The summed E-state index contributed by atoms with van der Waals surface area (Å²) in [5.74, 6) is -0.544. The summed E-state index contributed by atoms with van der Waals surface area (Å²) in [5.41, 5.74) is 5.36. The number of rotatable bonds is 4. The number of nitrogens with zero attached hydrogens (tertiary/aromatic N) is 1. The highest BCUT2D eigenvalue weighted by molar-refractivity contribution is 5.80. The summed E-state index contributed by atoms with van der Waals surface area (Å²) in [6.45, 7) is 2.75. The lowest BCUT2D eigenvalue weighted by atomic mass is 9.98. The normalized spacial score (nSPS) is 23.8. The molecule has 0 aromatic carbocycles. The van der Waals surface area contributed by atoms with E-state index in [-0.39, 0.29) is 24.0 Å². The van der Waals surface area contributed by atoms with Gasteiger partial charge in [-0.2, -0.15) is 0 Å². The smallest absolute Gasteiger partial charge is 0.307 e. The Hall–Kier alpha value is -1.10. The van der Waals surface area contributed by atoms with E-state index in [1.807, 2.05) is 11.8 Å². The molecule has 1 fully saturated rings. The molecule has 16 heavy (non-hydrogen) atoms. The molecule has 1 amide bonds. The van der Waals surface area contributed by atoms with Gasteiger partial charge in [0, 0.05) is 6.04 Å². The van der Waals surface area contributed by atoms with Crippen molar-refractivity contribution in [3.63, 3.8) is 0 Å². The van der Waals surface area contributed by atoms with E-state index in [9.17, 15) is 9.59 Å². The van der Waals surface area contributed by atoms with Crippen molar-refractivity contribution in [3.05, 3.63) is 0 Å². The van der Waals surface area contributed by atoms with Gasteiger partial charge < -0.3 is 10.5 Å². The number of esters is 1. The molecule has 0 aliphatic carbocycles. The standard InChI is InChI=1S/C11H20N2O3/c1-8(7-10(14)16-2)13-6-4-3-5-9(13)11(12)15/h8-9H,3-7H2,1-2H3,(H2,12,15). The zero-order valence-corrected chi connectivity index (χ0v) is 9.94. The molecule has 1 saturated heterocycles. The van der Waals surface area contributed by atoms with Crippen LogP contribution >= 0.6 is 0 Å². The number of carbonyl (C=O) groups excluding carboxylic acids is 2. The third-order valence-corrected chi connectivity index (χ3v) is 3.13. The summed E-state index contributed by atoms with van der Waals surface area (Å²) in [5, 5.41) is 0. The largest absolute Gasteiger partial charge is 0.469 e. The number of amides is 1. The van der Waals surface area contributed by atoms with Crippen molar-refractivity contribution >= 4 is 11.9 Å². The van der Waals surface area contributed by atoms with Crippen LogP contribution in [0, 0.1) is 0 Å². The molecule has 5 nitrogen and oxygen atoms in total. The van der Waals surface area contributed by atoms with E-state index < -0.39 is 0 Å². The molecule has 1 aliphatic heterocycles. The van der Waals surface area contributed by atoms with Crippen LogP contribution in [-0.2, 0) is 14.3 Å². The summed E-state index contributed by atoms with van der Waals surface area (Å²) in [4.78, 5) is 24.5. The number of likely N-dealkylation sites (tertiary alicyclic amines) is 1. The minimum Gasteiger partial charge on any atom is -0.469 e. The molecular formula is C11H20N2O3. The second-order valence-corrected chi connectivity index (χ2v) is 4.28. The summed E-state index contributed by atoms with van der Waals surface area (Å²) in [6, 6.07) is -0.223. The van der Waals surface area contributed by atoms with Gasteiger partial charge in [0.15, 0.2) is 0 Å². The number of hydrogen-bond acceptors (Lipinski definition) is 4. The Morgan fingerprint density at radius 3 is 2.75 bits per heavy atom. The molecule has 1 aliphatic rings. The van der Waals surface area contributed by atoms with Gasteiger partial charge in [-0.1, -0.05) is 6.42 Å². The zero-order valence-electron chi connectivity index (χ0n) is 9.94. The van der Waals surface area contributed by atoms with Gasteiger partial charge in [0.1, 0.15) is 0 Å². The number of hydrogen-bond donors (Lipinski definition) is 1. The maximum Gasteiger partial charge on any atom is 0.307 e. The summed E-state index contributed by atoms with van der Waals surface area (Å²) in [6.07, 6.45) is 3.17. The zero-order chi connectivity index (χ0) is 12.1. The third-order valence-electron chi connectivity index (χ3n) is 3.13. The number of ether oxygens (including phenoxy) is 1. The Kier molecular flexibility index (Phi) is 4.73. The Labute approximate surface area is 95.9 Å². The number of methoxy groups -OCH3 is 1. The second-order valence-electron chi connectivity index (χ2n) is 4.28. The van der Waals surface area contributed by atoms with Gasteiger partial charge >= 0.3 is 5.97 Å². The molecule has 1 heterocycles. The van der Waals surface area contributed by atoms with E-state index in [0.717, 1.165) is 25.8 Å². The maximum atomic E-state index is 11.3. The molecule has 5 heteroatoms. The van der Waals surface area contributed by atoms with Crippen LogP contribution in [0.5, 0.6) is 0 Å². The molecule has 2 N–H and O–H groups in total. The first-order valence-corrected chi connectivity index (χ1v) is 5.68. The first-order chi connectivity index (χ1) is 7.56. The van der Waals surface area contributed by atoms with Crippen LogP contribution in [0.4, 0.5) is 0 Å². The van der Waals surface area contributed by atoms with Crippen molar-refractivity contribution < 1.29 is 14.3 Å². The molecule has 0 spiro atoms. The van der Waals surface area contributed by atoms with Crippen molar-refractivity contribution in [3.8, 4) is 0 Å². The Morgan fingerprint density at radius 1 is 1.50 bits per heavy atom. The first kappa shape index (κ1) is 13.0. The molecule has 0 saturated carbocycles. The predicted octanol–water partition coefficient (Wildman–Crippen LogP) is 0.278. The maximum absolute atomic E-state index is 11.3. The number of primary amides is 1. The molecule has 0 aromatic rings. The van der Waals surface area contributed by atoms with E-state index in [4.69, 9.17) is 5.73 Å². The Morgan fingerprint density at radius 2 is 2.19 bits per heavy atom. The topological polar surface area (TPSA) is 72.6 Å². The summed E-state index contributed by atoms with van der Waals surface area (Å²) >= 11 is 0. The van der Waals surface area contributed by atoms with Crippen LogP contribution in [0.1, 0.15) is 32.6 Å². The average Bonchev–Trinajstić information content (AvgIpc) is 2.28. The van der Waals surface area contributed by atoms with Crippen LogP contribution in [0.3, 0.4) is 0 Å². The SMILES string of the molecule is COC(=O)CC(C)N1CCCCC1C(N)=O. The highest BCUT2D eigenvalue weighted by atomic mass is 16.5. The quantitative estimate of drug-likeness (QED) is 0.701. The molecule has 0 bridgehead atoms. The molecular weight excluding hydrogens is 208 g/mol. The molecule has 92 valence electrons. The van der Waals surface area contributed by atoms with E-state index in [1.165, 1.54) is 7.11 Å². The van der Waals surface area contributed by atoms with Gasteiger partial charge in [-0.05, 0) is 26.3 Å². The van der Waals surface area contributed by atoms with Crippen molar-refractivity contribution in [2.24, 2.45) is 5.73 Å². The van der Waals surface area contributed by atoms with Gasteiger partial charge in [-0.3, -0.25) is 14.5 Å². The fraction of sp³-hybridized carbons (Fsp3) is 0.818. The second kappa shape index (κ2) is 5.84.